The van der Waals surface area contributed by atoms with E-state index in [0.29, 0.717) is 19.6 Å². The van der Waals surface area contributed by atoms with Gasteiger partial charge in [0, 0.05) is 13.0 Å². The van der Waals surface area contributed by atoms with E-state index in [0.717, 1.165) is 31.2 Å². The molecule has 0 bridgehead atoms. The standard InChI is InChI=1S/C42H76N2O3/c1-3-5-7-9-11-13-15-17-18-19-20-22-24-26-31-35-41(45)44-40(38-47-37-39-33-29-28-30-34-39)42(46)43-36-32-27-25-23-21-16-14-12-10-8-6-4-2/h28-30,33-34,40H,3-27,31-32,35-38H2,1-2H3,(H,43,46)(H,44,45)/t40-/m1/s1. The molecular formula is C42H76N2O3. The predicted octanol–water partition coefficient (Wildman–Crippen LogP) is 11.8. The summed E-state index contributed by atoms with van der Waals surface area (Å²) in [5, 5.41) is 6.03. The maximum absolute atomic E-state index is 13.0. The molecule has 1 rings (SSSR count). The van der Waals surface area contributed by atoms with Crippen molar-refractivity contribution in [3.63, 3.8) is 0 Å². The molecule has 0 aliphatic carbocycles. The first kappa shape index (κ1) is 43.1. The smallest absolute Gasteiger partial charge is 0.244 e. The zero-order chi connectivity index (χ0) is 33.9. The molecule has 5 heteroatoms. The van der Waals surface area contributed by atoms with E-state index >= 15 is 0 Å². The Hall–Kier alpha value is -1.88. The lowest BCUT2D eigenvalue weighted by molar-refractivity contribution is -0.130. The third kappa shape index (κ3) is 28.8. The van der Waals surface area contributed by atoms with Gasteiger partial charge in [0.15, 0.2) is 0 Å². The molecule has 0 spiro atoms. The van der Waals surface area contributed by atoms with E-state index in [2.05, 4.69) is 24.5 Å². The Bertz CT molecular complexity index is 815. The normalized spacial score (nSPS) is 11.9. The number of carbonyl (C=O) groups excluding carboxylic acids is 2. The van der Waals surface area contributed by atoms with Crippen LogP contribution < -0.4 is 10.6 Å². The topological polar surface area (TPSA) is 67.4 Å². The summed E-state index contributed by atoms with van der Waals surface area (Å²) >= 11 is 0. The van der Waals surface area contributed by atoms with E-state index in [1.54, 1.807) is 0 Å². The molecule has 0 aromatic heterocycles. The molecule has 272 valence electrons. The molecule has 0 radical (unpaired) electrons. The van der Waals surface area contributed by atoms with E-state index in [4.69, 9.17) is 4.74 Å². The highest BCUT2D eigenvalue weighted by Crippen LogP contribution is 2.14. The van der Waals surface area contributed by atoms with Gasteiger partial charge in [-0.25, -0.2) is 0 Å². The average Bonchev–Trinajstić information content (AvgIpc) is 3.08. The monoisotopic (exact) mass is 657 g/mol. The fourth-order valence-electron chi connectivity index (χ4n) is 6.28. The van der Waals surface area contributed by atoms with Crippen LogP contribution >= 0.6 is 0 Å². The molecule has 47 heavy (non-hydrogen) atoms. The molecule has 1 aromatic rings. The van der Waals surface area contributed by atoms with Crippen LogP contribution in [0.2, 0.25) is 0 Å². The number of amides is 2. The highest BCUT2D eigenvalue weighted by Gasteiger charge is 2.20. The summed E-state index contributed by atoms with van der Waals surface area (Å²) in [4.78, 5) is 25.8. The van der Waals surface area contributed by atoms with Crippen molar-refractivity contribution in [1.82, 2.24) is 10.6 Å². The van der Waals surface area contributed by atoms with Crippen LogP contribution in [-0.2, 0) is 20.9 Å². The molecule has 1 aromatic carbocycles. The second-order valence-electron chi connectivity index (χ2n) is 14.0. The van der Waals surface area contributed by atoms with Crippen molar-refractivity contribution < 1.29 is 14.3 Å². The van der Waals surface area contributed by atoms with Gasteiger partial charge in [-0.15, -0.1) is 0 Å². The van der Waals surface area contributed by atoms with Crippen molar-refractivity contribution in [2.24, 2.45) is 0 Å². The maximum Gasteiger partial charge on any atom is 0.244 e. The van der Waals surface area contributed by atoms with Gasteiger partial charge in [0.05, 0.1) is 13.2 Å². The molecule has 0 aliphatic rings. The fraction of sp³-hybridized carbons (Fsp3) is 0.810. The van der Waals surface area contributed by atoms with Crippen molar-refractivity contribution in [1.29, 1.82) is 0 Å². The molecule has 0 fully saturated rings. The van der Waals surface area contributed by atoms with Gasteiger partial charge in [0.1, 0.15) is 6.04 Å². The van der Waals surface area contributed by atoms with Crippen LogP contribution in [-0.4, -0.2) is 31.0 Å². The molecule has 2 N–H and O–H groups in total. The van der Waals surface area contributed by atoms with Crippen LogP contribution in [0.5, 0.6) is 0 Å². The van der Waals surface area contributed by atoms with Crippen molar-refractivity contribution in [2.75, 3.05) is 13.2 Å². The Balaban J connectivity index is 2.17. The Kier molecular flexibility index (Phi) is 31.2. The van der Waals surface area contributed by atoms with Gasteiger partial charge in [0.2, 0.25) is 11.8 Å². The van der Waals surface area contributed by atoms with Gasteiger partial charge in [-0.05, 0) is 18.4 Å². The molecule has 0 saturated heterocycles. The number of unbranched alkanes of at least 4 members (excludes halogenated alkanes) is 25. The van der Waals surface area contributed by atoms with Crippen molar-refractivity contribution in [2.45, 2.75) is 206 Å². The van der Waals surface area contributed by atoms with Crippen LogP contribution in [0.15, 0.2) is 30.3 Å². The Morgan fingerprint density at radius 2 is 0.957 bits per heavy atom. The third-order valence-corrected chi connectivity index (χ3v) is 9.38. The lowest BCUT2D eigenvalue weighted by atomic mass is 10.0. The van der Waals surface area contributed by atoms with Crippen LogP contribution in [0.25, 0.3) is 0 Å². The van der Waals surface area contributed by atoms with Crippen LogP contribution in [0.4, 0.5) is 0 Å². The second kappa shape index (κ2) is 34.0. The SMILES string of the molecule is CCCCCCCCCCCCCCCCCC(=O)N[C@H](COCc1ccccc1)C(=O)NCCCCCCCCCCCCCC. The van der Waals surface area contributed by atoms with Crippen molar-refractivity contribution in [3.05, 3.63) is 35.9 Å². The first-order valence-electron chi connectivity index (χ1n) is 20.4. The average molecular weight is 657 g/mol. The third-order valence-electron chi connectivity index (χ3n) is 9.38. The molecule has 1 atom stereocenters. The molecule has 0 saturated carbocycles. The largest absolute Gasteiger partial charge is 0.374 e. The first-order chi connectivity index (χ1) is 23.2. The lowest BCUT2D eigenvalue weighted by Gasteiger charge is -2.19. The van der Waals surface area contributed by atoms with Crippen LogP contribution in [0, 0.1) is 0 Å². The number of hydrogen-bond acceptors (Lipinski definition) is 3. The van der Waals surface area contributed by atoms with Crippen molar-refractivity contribution >= 4 is 11.8 Å². The van der Waals surface area contributed by atoms with E-state index in [9.17, 15) is 9.59 Å². The van der Waals surface area contributed by atoms with E-state index in [-0.39, 0.29) is 18.4 Å². The van der Waals surface area contributed by atoms with E-state index in [1.807, 2.05) is 30.3 Å². The number of ether oxygens (including phenoxy) is 1. The molecule has 5 nitrogen and oxygen atoms in total. The summed E-state index contributed by atoms with van der Waals surface area (Å²) < 4.78 is 5.88. The Morgan fingerprint density at radius 3 is 1.40 bits per heavy atom. The first-order valence-corrected chi connectivity index (χ1v) is 20.4. The van der Waals surface area contributed by atoms with Gasteiger partial charge >= 0.3 is 0 Å². The van der Waals surface area contributed by atoms with Gasteiger partial charge in [0.25, 0.3) is 0 Å². The zero-order valence-corrected chi connectivity index (χ0v) is 31.1. The molecule has 2 amide bonds. The van der Waals surface area contributed by atoms with E-state index in [1.165, 1.54) is 148 Å². The number of hydrogen-bond donors (Lipinski definition) is 2. The van der Waals surface area contributed by atoms with Gasteiger partial charge in [-0.3, -0.25) is 9.59 Å². The minimum Gasteiger partial charge on any atom is -0.374 e. The predicted molar refractivity (Wildman–Crippen MR) is 202 cm³/mol. The second-order valence-corrected chi connectivity index (χ2v) is 14.0. The summed E-state index contributed by atoms with van der Waals surface area (Å²) in [5.41, 5.74) is 1.06. The minimum atomic E-state index is -0.653. The summed E-state index contributed by atoms with van der Waals surface area (Å²) in [7, 11) is 0. The summed E-state index contributed by atoms with van der Waals surface area (Å²) in [5.74, 6) is -0.181. The molecule has 0 unspecified atom stereocenters. The number of benzene rings is 1. The highest BCUT2D eigenvalue weighted by molar-refractivity contribution is 5.87. The maximum atomic E-state index is 13.0. The molecule has 0 heterocycles. The molecule has 0 aliphatic heterocycles. The quantitative estimate of drug-likeness (QED) is 0.0714. The minimum absolute atomic E-state index is 0.0477. The molecular weight excluding hydrogens is 580 g/mol. The van der Waals surface area contributed by atoms with Gasteiger partial charge in [-0.1, -0.05) is 205 Å². The number of rotatable bonds is 35. The lowest BCUT2D eigenvalue weighted by Crippen LogP contribution is -2.49. The number of nitrogens with one attached hydrogen (secondary N) is 2. The van der Waals surface area contributed by atoms with Crippen molar-refractivity contribution in [3.8, 4) is 0 Å². The van der Waals surface area contributed by atoms with Crippen LogP contribution in [0.1, 0.15) is 199 Å². The highest BCUT2D eigenvalue weighted by atomic mass is 16.5. The zero-order valence-electron chi connectivity index (χ0n) is 31.1. The number of carbonyl (C=O) groups is 2. The fourth-order valence-corrected chi connectivity index (χ4v) is 6.28. The van der Waals surface area contributed by atoms with Gasteiger partial charge < -0.3 is 15.4 Å². The Labute approximate surface area is 291 Å². The Morgan fingerprint density at radius 1 is 0.553 bits per heavy atom. The van der Waals surface area contributed by atoms with Gasteiger partial charge in [-0.2, -0.15) is 0 Å². The van der Waals surface area contributed by atoms with E-state index < -0.39 is 6.04 Å². The summed E-state index contributed by atoms with van der Waals surface area (Å²) in [6, 6.07) is 9.32. The summed E-state index contributed by atoms with van der Waals surface area (Å²) in [6.45, 7) is 5.81. The van der Waals surface area contributed by atoms with Crippen LogP contribution in [0.3, 0.4) is 0 Å². The summed E-state index contributed by atoms with van der Waals surface area (Å²) in [6.07, 6.45) is 35.6.